The Balaban J connectivity index is 0. The van der Waals surface area contributed by atoms with Crippen LogP contribution in [0, 0.1) is 0 Å². The molecule has 0 atom stereocenters. The third-order valence-corrected chi connectivity index (χ3v) is 1.56. The highest BCUT2D eigenvalue weighted by Gasteiger charge is 1.82. The molecular formula is C12H28O4. The van der Waals surface area contributed by atoms with Crippen LogP contribution >= 0.6 is 0 Å². The van der Waals surface area contributed by atoms with E-state index in [2.05, 4.69) is 0 Å². The molecule has 0 saturated heterocycles. The van der Waals surface area contributed by atoms with Crippen molar-refractivity contribution in [2.24, 2.45) is 0 Å². The zero-order valence-electron chi connectivity index (χ0n) is 11.3. The van der Waals surface area contributed by atoms with Crippen LogP contribution in [0.15, 0.2) is 0 Å². The van der Waals surface area contributed by atoms with Crippen molar-refractivity contribution in [1.82, 2.24) is 0 Å². The average molecular weight is 236 g/mol. The first kappa shape index (κ1) is 18.2. The van der Waals surface area contributed by atoms with Crippen molar-refractivity contribution in [3.05, 3.63) is 0 Å². The Bertz CT molecular complexity index is 75.0. The molecule has 0 saturated carbocycles. The Hall–Kier alpha value is -0.160. The van der Waals surface area contributed by atoms with Gasteiger partial charge in [-0.05, 0) is 27.7 Å². The van der Waals surface area contributed by atoms with Crippen LogP contribution in [0.3, 0.4) is 0 Å². The van der Waals surface area contributed by atoms with E-state index in [-0.39, 0.29) is 0 Å². The Kier molecular flexibility index (Phi) is 23.1. The summed E-state index contributed by atoms with van der Waals surface area (Å²) in [5.74, 6) is 0. The molecule has 0 radical (unpaired) electrons. The van der Waals surface area contributed by atoms with E-state index in [1.807, 2.05) is 27.7 Å². The lowest BCUT2D eigenvalue weighted by atomic mass is 10.7. The van der Waals surface area contributed by atoms with Crippen molar-refractivity contribution in [2.45, 2.75) is 27.7 Å². The molecule has 0 unspecified atom stereocenters. The normalized spacial score (nSPS) is 9.75. The summed E-state index contributed by atoms with van der Waals surface area (Å²) in [6.45, 7) is 14.0. The Labute approximate surface area is 100 Å². The van der Waals surface area contributed by atoms with Gasteiger partial charge in [0.05, 0.1) is 26.4 Å². The average Bonchev–Trinajstić information content (AvgIpc) is 2.31. The molecular weight excluding hydrogens is 208 g/mol. The van der Waals surface area contributed by atoms with Gasteiger partial charge in [-0.15, -0.1) is 0 Å². The Morgan fingerprint density at radius 2 is 0.625 bits per heavy atom. The summed E-state index contributed by atoms with van der Waals surface area (Å²) in [5, 5.41) is 0. The first-order valence-electron chi connectivity index (χ1n) is 6.14. The molecule has 100 valence electrons. The molecule has 0 aliphatic heterocycles. The molecule has 0 aromatic heterocycles. The van der Waals surface area contributed by atoms with Gasteiger partial charge in [0.25, 0.3) is 0 Å². The molecule has 4 heteroatoms. The van der Waals surface area contributed by atoms with Crippen molar-refractivity contribution in [3.63, 3.8) is 0 Å². The van der Waals surface area contributed by atoms with Crippen LogP contribution in [0.1, 0.15) is 27.7 Å². The lowest BCUT2D eigenvalue weighted by molar-refractivity contribution is 0.0584. The zero-order valence-corrected chi connectivity index (χ0v) is 11.3. The standard InChI is InChI=1S/2C6H14O2/c2*1-3-7-5-6-8-4-2/h2*3-6H2,1-2H3. The molecule has 0 heterocycles. The highest BCUT2D eigenvalue weighted by molar-refractivity contribution is 4.25. The van der Waals surface area contributed by atoms with E-state index in [1.54, 1.807) is 0 Å². The topological polar surface area (TPSA) is 36.9 Å². The minimum Gasteiger partial charge on any atom is -0.379 e. The monoisotopic (exact) mass is 236 g/mol. The van der Waals surface area contributed by atoms with Crippen LogP contribution in [-0.2, 0) is 18.9 Å². The maximum absolute atomic E-state index is 5.01. The third kappa shape index (κ3) is 23.6. The summed E-state index contributed by atoms with van der Waals surface area (Å²) in [4.78, 5) is 0. The SMILES string of the molecule is CCOCCOCC.CCOCCOCC. The predicted molar refractivity (Wildman–Crippen MR) is 66.0 cm³/mol. The predicted octanol–water partition coefficient (Wildman–Crippen LogP) is 2.12. The van der Waals surface area contributed by atoms with E-state index < -0.39 is 0 Å². The van der Waals surface area contributed by atoms with Crippen LogP contribution in [0.2, 0.25) is 0 Å². The molecule has 0 N–H and O–H groups in total. The fourth-order valence-corrected chi connectivity index (χ4v) is 0.813. The van der Waals surface area contributed by atoms with E-state index in [0.29, 0.717) is 0 Å². The summed E-state index contributed by atoms with van der Waals surface area (Å²) in [6, 6.07) is 0. The first-order valence-corrected chi connectivity index (χ1v) is 6.14. The molecule has 4 nitrogen and oxygen atoms in total. The highest BCUT2D eigenvalue weighted by Crippen LogP contribution is 1.76. The van der Waals surface area contributed by atoms with Crippen molar-refractivity contribution >= 4 is 0 Å². The highest BCUT2D eigenvalue weighted by atomic mass is 16.5. The van der Waals surface area contributed by atoms with E-state index in [9.17, 15) is 0 Å². The maximum atomic E-state index is 5.01. The molecule has 0 fully saturated rings. The fourth-order valence-electron chi connectivity index (χ4n) is 0.813. The Morgan fingerprint density at radius 1 is 0.438 bits per heavy atom. The van der Waals surface area contributed by atoms with Crippen molar-refractivity contribution in [1.29, 1.82) is 0 Å². The van der Waals surface area contributed by atoms with E-state index >= 15 is 0 Å². The van der Waals surface area contributed by atoms with Gasteiger partial charge in [-0.2, -0.15) is 0 Å². The molecule has 0 rings (SSSR count). The van der Waals surface area contributed by atoms with Gasteiger partial charge in [0.15, 0.2) is 0 Å². The van der Waals surface area contributed by atoms with Crippen LogP contribution in [0.4, 0.5) is 0 Å². The lowest BCUT2D eigenvalue weighted by Gasteiger charge is -1.99. The summed E-state index contributed by atoms with van der Waals surface area (Å²) in [7, 11) is 0. The molecule has 0 amide bonds. The molecule has 16 heavy (non-hydrogen) atoms. The quantitative estimate of drug-likeness (QED) is 0.544. The third-order valence-electron chi connectivity index (χ3n) is 1.56. The molecule has 0 aromatic carbocycles. The summed E-state index contributed by atoms with van der Waals surface area (Å²) in [5.41, 5.74) is 0. The molecule has 0 aliphatic rings. The molecule has 0 aromatic rings. The molecule has 0 spiro atoms. The van der Waals surface area contributed by atoms with Crippen LogP contribution in [0.25, 0.3) is 0 Å². The van der Waals surface area contributed by atoms with Gasteiger partial charge in [-0.25, -0.2) is 0 Å². The molecule has 0 bridgehead atoms. The lowest BCUT2D eigenvalue weighted by Crippen LogP contribution is -2.02. The fraction of sp³-hybridized carbons (Fsp3) is 1.00. The van der Waals surface area contributed by atoms with Crippen molar-refractivity contribution in [2.75, 3.05) is 52.9 Å². The van der Waals surface area contributed by atoms with Gasteiger partial charge >= 0.3 is 0 Å². The van der Waals surface area contributed by atoms with Crippen LogP contribution < -0.4 is 0 Å². The van der Waals surface area contributed by atoms with Gasteiger partial charge in [0.1, 0.15) is 0 Å². The van der Waals surface area contributed by atoms with Gasteiger partial charge in [-0.3, -0.25) is 0 Å². The zero-order chi connectivity index (χ0) is 12.5. The van der Waals surface area contributed by atoms with E-state index in [4.69, 9.17) is 18.9 Å². The van der Waals surface area contributed by atoms with Crippen molar-refractivity contribution in [3.8, 4) is 0 Å². The maximum Gasteiger partial charge on any atom is 0.0700 e. The van der Waals surface area contributed by atoms with E-state index in [1.165, 1.54) is 0 Å². The second kappa shape index (κ2) is 20.3. The number of rotatable bonds is 10. The number of hydrogen-bond acceptors (Lipinski definition) is 4. The van der Waals surface area contributed by atoms with Crippen LogP contribution in [-0.4, -0.2) is 52.9 Å². The van der Waals surface area contributed by atoms with Gasteiger partial charge in [-0.1, -0.05) is 0 Å². The van der Waals surface area contributed by atoms with Gasteiger partial charge in [0, 0.05) is 26.4 Å². The number of ether oxygens (including phenoxy) is 4. The largest absolute Gasteiger partial charge is 0.379 e. The second-order valence-electron chi connectivity index (χ2n) is 2.79. The Morgan fingerprint density at radius 3 is 0.750 bits per heavy atom. The minimum atomic E-state index is 0.727. The smallest absolute Gasteiger partial charge is 0.0700 e. The number of hydrogen-bond donors (Lipinski definition) is 0. The van der Waals surface area contributed by atoms with Gasteiger partial charge < -0.3 is 18.9 Å². The summed E-state index contributed by atoms with van der Waals surface area (Å²) >= 11 is 0. The molecule has 0 aliphatic carbocycles. The van der Waals surface area contributed by atoms with Crippen molar-refractivity contribution < 1.29 is 18.9 Å². The van der Waals surface area contributed by atoms with E-state index in [0.717, 1.165) is 52.9 Å². The van der Waals surface area contributed by atoms with Crippen LogP contribution in [0.5, 0.6) is 0 Å². The minimum absolute atomic E-state index is 0.727. The summed E-state index contributed by atoms with van der Waals surface area (Å²) in [6.07, 6.45) is 0. The first-order chi connectivity index (χ1) is 7.83. The van der Waals surface area contributed by atoms with Gasteiger partial charge in [0.2, 0.25) is 0 Å². The summed E-state index contributed by atoms with van der Waals surface area (Å²) < 4.78 is 20.0. The second-order valence-corrected chi connectivity index (χ2v) is 2.79.